The van der Waals surface area contributed by atoms with E-state index in [-0.39, 0.29) is 5.91 Å². The fourth-order valence-electron chi connectivity index (χ4n) is 2.64. The fourth-order valence-corrected chi connectivity index (χ4v) is 2.64. The number of hydrogen-bond donors (Lipinski definition) is 2. The Balaban J connectivity index is 1.35. The van der Waals surface area contributed by atoms with Gasteiger partial charge in [-0.15, -0.1) is 0 Å². The summed E-state index contributed by atoms with van der Waals surface area (Å²) in [6.45, 7) is 2.50. The predicted octanol–water partition coefficient (Wildman–Crippen LogP) is 2.89. The highest BCUT2D eigenvalue weighted by molar-refractivity contribution is 5.97. The van der Waals surface area contributed by atoms with Gasteiger partial charge in [-0.3, -0.25) is 4.79 Å². The average Bonchev–Trinajstić information content (AvgIpc) is 3.31. The zero-order valence-electron chi connectivity index (χ0n) is 14.2. The number of fused-ring (bicyclic) bond motifs is 1. The van der Waals surface area contributed by atoms with E-state index < -0.39 is 0 Å². The Kier molecular flexibility index (Phi) is 4.18. The molecule has 0 bridgehead atoms. The van der Waals surface area contributed by atoms with Gasteiger partial charge in [-0.2, -0.15) is 15.4 Å². The van der Waals surface area contributed by atoms with Gasteiger partial charge in [-0.05, 0) is 37.3 Å². The number of H-pyrrole nitrogens is 1. The van der Waals surface area contributed by atoms with E-state index in [0.717, 1.165) is 16.8 Å². The minimum Gasteiger partial charge on any atom is -0.444 e. The molecule has 2 heterocycles. The number of benzene rings is 2. The number of oxazole rings is 1. The van der Waals surface area contributed by atoms with E-state index in [1.54, 1.807) is 24.5 Å². The number of aryl methyl sites for hydroxylation is 1. The molecule has 0 aliphatic carbocycles. The van der Waals surface area contributed by atoms with E-state index in [0.29, 0.717) is 29.9 Å². The monoisotopic (exact) mass is 347 g/mol. The molecule has 1 amide bonds. The Morgan fingerprint density at radius 1 is 1.12 bits per heavy atom. The second kappa shape index (κ2) is 6.79. The fraction of sp³-hybridized carbons (Fsp3) is 0.158. The molecule has 2 aromatic heterocycles. The molecule has 2 aromatic carbocycles. The van der Waals surface area contributed by atoms with Crippen molar-refractivity contribution in [1.29, 1.82) is 0 Å². The van der Waals surface area contributed by atoms with E-state index in [1.165, 1.54) is 5.56 Å². The van der Waals surface area contributed by atoms with Gasteiger partial charge in [0.1, 0.15) is 17.3 Å². The quantitative estimate of drug-likeness (QED) is 0.578. The summed E-state index contributed by atoms with van der Waals surface area (Å²) in [5.74, 6) is 0.431. The first-order valence-corrected chi connectivity index (χ1v) is 8.29. The zero-order chi connectivity index (χ0) is 17.9. The number of rotatable bonds is 5. The lowest BCUT2D eigenvalue weighted by atomic mass is 10.1. The molecule has 0 aliphatic heterocycles. The van der Waals surface area contributed by atoms with E-state index in [9.17, 15) is 4.79 Å². The van der Waals surface area contributed by atoms with Crippen molar-refractivity contribution in [2.24, 2.45) is 0 Å². The highest BCUT2D eigenvalue weighted by Crippen LogP contribution is 2.19. The Hall–Kier alpha value is -3.48. The van der Waals surface area contributed by atoms with Crippen molar-refractivity contribution in [3.05, 3.63) is 65.5 Å². The van der Waals surface area contributed by atoms with Gasteiger partial charge in [0.15, 0.2) is 0 Å². The van der Waals surface area contributed by atoms with Crippen molar-refractivity contribution in [1.82, 2.24) is 25.7 Å². The second-order valence-corrected chi connectivity index (χ2v) is 6.04. The summed E-state index contributed by atoms with van der Waals surface area (Å²) in [6, 6.07) is 13.2. The van der Waals surface area contributed by atoms with Crippen LogP contribution in [-0.2, 0) is 6.42 Å². The van der Waals surface area contributed by atoms with E-state index in [1.807, 2.05) is 31.2 Å². The lowest BCUT2D eigenvalue weighted by Gasteiger charge is -2.03. The van der Waals surface area contributed by atoms with E-state index >= 15 is 0 Å². The van der Waals surface area contributed by atoms with Crippen LogP contribution in [0.4, 0.5) is 0 Å². The molecule has 4 aromatic rings. The number of nitrogens with zero attached hydrogens (tertiary/aromatic N) is 3. The highest BCUT2D eigenvalue weighted by Gasteiger charge is 2.10. The van der Waals surface area contributed by atoms with Crippen molar-refractivity contribution in [2.45, 2.75) is 13.3 Å². The summed E-state index contributed by atoms with van der Waals surface area (Å²) in [5.41, 5.74) is 4.86. The summed E-state index contributed by atoms with van der Waals surface area (Å²) < 4.78 is 5.53. The molecule has 26 heavy (non-hydrogen) atoms. The van der Waals surface area contributed by atoms with Crippen LogP contribution >= 0.6 is 0 Å². The highest BCUT2D eigenvalue weighted by atomic mass is 16.3. The van der Waals surface area contributed by atoms with Crippen LogP contribution in [0.3, 0.4) is 0 Å². The summed E-state index contributed by atoms with van der Waals surface area (Å²) in [5, 5.41) is 13.4. The number of amides is 1. The summed E-state index contributed by atoms with van der Waals surface area (Å²) in [4.78, 5) is 16.7. The molecular weight excluding hydrogens is 330 g/mol. The SMILES string of the molecule is Cc1ccc(-c2nc(CCNC(=O)c3ccc4n[nH]nc4c3)co2)cc1. The molecule has 2 N–H and O–H groups in total. The molecule has 0 radical (unpaired) electrons. The topological polar surface area (TPSA) is 96.7 Å². The van der Waals surface area contributed by atoms with Gasteiger partial charge >= 0.3 is 0 Å². The molecule has 0 fully saturated rings. The van der Waals surface area contributed by atoms with Gasteiger partial charge in [0.05, 0.1) is 5.69 Å². The molecular formula is C19H17N5O2. The van der Waals surface area contributed by atoms with Crippen LogP contribution in [0, 0.1) is 6.92 Å². The smallest absolute Gasteiger partial charge is 0.251 e. The number of aromatic nitrogens is 4. The van der Waals surface area contributed by atoms with Gasteiger partial charge < -0.3 is 9.73 Å². The third-order valence-electron chi connectivity index (χ3n) is 4.10. The molecule has 0 spiro atoms. The first-order chi connectivity index (χ1) is 12.7. The van der Waals surface area contributed by atoms with Crippen LogP contribution in [0.1, 0.15) is 21.6 Å². The number of carbonyl (C=O) groups is 1. The third-order valence-corrected chi connectivity index (χ3v) is 4.10. The Bertz CT molecular complexity index is 1050. The van der Waals surface area contributed by atoms with Gasteiger partial charge in [-0.1, -0.05) is 17.7 Å². The lowest BCUT2D eigenvalue weighted by molar-refractivity contribution is 0.0954. The maximum absolute atomic E-state index is 12.2. The molecule has 7 nitrogen and oxygen atoms in total. The van der Waals surface area contributed by atoms with E-state index in [2.05, 4.69) is 25.7 Å². The van der Waals surface area contributed by atoms with Crippen LogP contribution in [0.2, 0.25) is 0 Å². The minimum absolute atomic E-state index is 0.155. The molecule has 4 rings (SSSR count). The minimum atomic E-state index is -0.155. The molecule has 0 saturated heterocycles. The Labute approximate surface area is 149 Å². The van der Waals surface area contributed by atoms with Crippen molar-refractivity contribution in [3.8, 4) is 11.5 Å². The molecule has 130 valence electrons. The number of aromatic amines is 1. The van der Waals surface area contributed by atoms with Gasteiger partial charge in [0.2, 0.25) is 5.89 Å². The number of nitrogens with one attached hydrogen (secondary N) is 2. The van der Waals surface area contributed by atoms with Crippen LogP contribution < -0.4 is 5.32 Å². The van der Waals surface area contributed by atoms with Crippen molar-refractivity contribution >= 4 is 16.9 Å². The van der Waals surface area contributed by atoms with Gasteiger partial charge in [0.25, 0.3) is 5.91 Å². The number of hydrogen-bond acceptors (Lipinski definition) is 5. The summed E-state index contributed by atoms with van der Waals surface area (Å²) >= 11 is 0. The lowest BCUT2D eigenvalue weighted by Crippen LogP contribution is -2.25. The summed E-state index contributed by atoms with van der Waals surface area (Å²) in [6.07, 6.45) is 2.22. The van der Waals surface area contributed by atoms with Gasteiger partial charge in [-0.25, -0.2) is 4.98 Å². The molecule has 0 aliphatic rings. The molecule has 0 saturated carbocycles. The van der Waals surface area contributed by atoms with Crippen molar-refractivity contribution in [2.75, 3.05) is 6.54 Å². The maximum atomic E-state index is 12.2. The predicted molar refractivity (Wildman–Crippen MR) is 96.6 cm³/mol. The maximum Gasteiger partial charge on any atom is 0.251 e. The summed E-state index contributed by atoms with van der Waals surface area (Å²) in [7, 11) is 0. The molecule has 0 unspecified atom stereocenters. The third kappa shape index (κ3) is 3.32. The van der Waals surface area contributed by atoms with Crippen LogP contribution in [-0.4, -0.2) is 32.8 Å². The van der Waals surface area contributed by atoms with Crippen molar-refractivity contribution in [3.63, 3.8) is 0 Å². The molecule has 7 heteroatoms. The van der Waals surface area contributed by atoms with Crippen LogP contribution in [0.25, 0.3) is 22.5 Å². The zero-order valence-corrected chi connectivity index (χ0v) is 14.2. The first-order valence-electron chi connectivity index (χ1n) is 8.29. The van der Waals surface area contributed by atoms with Crippen LogP contribution in [0.5, 0.6) is 0 Å². The second-order valence-electron chi connectivity index (χ2n) is 6.04. The standard InChI is InChI=1S/C19H17N5O2/c1-12-2-4-13(5-3-12)19-21-15(11-26-19)8-9-20-18(25)14-6-7-16-17(10-14)23-24-22-16/h2-7,10-11H,8-9H2,1H3,(H,20,25)(H,22,23,24). The van der Waals surface area contributed by atoms with Gasteiger partial charge in [0, 0.05) is 24.1 Å². The first kappa shape index (κ1) is 16.0. The Morgan fingerprint density at radius 2 is 1.92 bits per heavy atom. The van der Waals surface area contributed by atoms with Crippen LogP contribution in [0.15, 0.2) is 53.1 Å². The van der Waals surface area contributed by atoms with E-state index in [4.69, 9.17) is 4.42 Å². The number of carbonyl (C=O) groups excluding carboxylic acids is 1. The largest absolute Gasteiger partial charge is 0.444 e. The molecule has 0 atom stereocenters. The van der Waals surface area contributed by atoms with Crippen molar-refractivity contribution < 1.29 is 9.21 Å². The average molecular weight is 347 g/mol. The normalized spacial score (nSPS) is 11.0. The Morgan fingerprint density at radius 3 is 2.77 bits per heavy atom.